The maximum absolute atomic E-state index is 11.7. The van der Waals surface area contributed by atoms with E-state index in [1.165, 1.54) is 13.2 Å². The van der Waals surface area contributed by atoms with Crippen molar-refractivity contribution >= 4 is 17.6 Å². The Bertz CT molecular complexity index is 515. The molecule has 2 N–H and O–H groups in total. The fourth-order valence-electron chi connectivity index (χ4n) is 1.95. The molecule has 0 bridgehead atoms. The van der Waals surface area contributed by atoms with E-state index in [0.717, 1.165) is 0 Å². The van der Waals surface area contributed by atoms with Gasteiger partial charge in [0.2, 0.25) is 0 Å². The molecule has 2 rings (SSSR count). The molecule has 102 valence electrons. The number of carbonyl (C=O) groups is 2. The van der Waals surface area contributed by atoms with Crippen molar-refractivity contribution in [1.29, 1.82) is 0 Å². The van der Waals surface area contributed by atoms with Crippen LogP contribution in [0.5, 0.6) is 5.75 Å². The zero-order chi connectivity index (χ0) is 14.0. The summed E-state index contributed by atoms with van der Waals surface area (Å²) >= 11 is 0. The van der Waals surface area contributed by atoms with Crippen molar-refractivity contribution in [3.8, 4) is 5.75 Å². The van der Waals surface area contributed by atoms with E-state index in [4.69, 9.17) is 10.5 Å². The molecule has 1 aromatic rings. The van der Waals surface area contributed by atoms with E-state index in [-0.39, 0.29) is 5.91 Å². The van der Waals surface area contributed by atoms with Crippen molar-refractivity contribution in [3.63, 3.8) is 0 Å². The Hall–Kier alpha value is -2.24. The van der Waals surface area contributed by atoms with E-state index in [9.17, 15) is 9.59 Å². The third kappa shape index (κ3) is 2.62. The molecule has 1 fully saturated rings. The summed E-state index contributed by atoms with van der Waals surface area (Å²) in [5.41, 5.74) is 6.47. The number of likely N-dealkylation sites (N-methyl/N-ethyl adjacent to an activating group) is 1. The van der Waals surface area contributed by atoms with Gasteiger partial charge >= 0.3 is 5.97 Å². The molecule has 19 heavy (non-hydrogen) atoms. The van der Waals surface area contributed by atoms with E-state index in [1.807, 2.05) is 0 Å². The van der Waals surface area contributed by atoms with Crippen LogP contribution in [-0.4, -0.2) is 43.6 Å². The highest BCUT2D eigenvalue weighted by Gasteiger charge is 2.31. The second-order valence-corrected chi connectivity index (χ2v) is 4.40. The molecule has 1 atom stereocenters. The molecular formula is C13H16N2O4. The number of nitrogen functional groups attached to an aromatic ring is 1. The van der Waals surface area contributed by atoms with Crippen molar-refractivity contribution in [1.82, 2.24) is 4.90 Å². The lowest BCUT2D eigenvalue weighted by Gasteiger charge is -2.14. The highest BCUT2D eigenvalue weighted by atomic mass is 16.5. The number of anilines is 1. The Kier molecular flexibility index (Phi) is 3.59. The van der Waals surface area contributed by atoms with E-state index in [0.29, 0.717) is 30.0 Å². The number of rotatable bonds is 3. The van der Waals surface area contributed by atoms with E-state index < -0.39 is 12.1 Å². The van der Waals surface area contributed by atoms with Gasteiger partial charge in [-0.1, -0.05) is 0 Å². The maximum atomic E-state index is 11.7. The zero-order valence-electron chi connectivity index (χ0n) is 10.9. The Morgan fingerprint density at radius 2 is 2.21 bits per heavy atom. The van der Waals surface area contributed by atoms with Crippen molar-refractivity contribution < 1.29 is 19.1 Å². The Balaban J connectivity index is 2.14. The first-order valence-corrected chi connectivity index (χ1v) is 5.92. The molecule has 0 aromatic heterocycles. The summed E-state index contributed by atoms with van der Waals surface area (Å²) in [6, 6.07) is 4.61. The lowest BCUT2D eigenvalue weighted by Crippen LogP contribution is -2.29. The normalized spacial score (nSPS) is 18.5. The van der Waals surface area contributed by atoms with Crippen molar-refractivity contribution in [2.24, 2.45) is 0 Å². The molecule has 6 nitrogen and oxygen atoms in total. The SMILES string of the molecule is COC(=O)c1ccc(OC2CCN(C)C2=O)c(N)c1. The third-order valence-electron chi connectivity index (χ3n) is 3.08. The number of benzene rings is 1. The van der Waals surface area contributed by atoms with Crippen LogP contribution in [0.2, 0.25) is 0 Å². The van der Waals surface area contributed by atoms with Gasteiger partial charge in [0.25, 0.3) is 5.91 Å². The number of ether oxygens (including phenoxy) is 2. The van der Waals surface area contributed by atoms with Gasteiger partial charge in [-0.2, -0.15) is 0 Å². The van der Waals surface area contributed by atoms with Crippen molar-refractivity contribution in [3.05, 3.63) is 23.8 Å². The Labute approximate surface area is 111 Å². The van der Waals surface area contributed by atoms with Crippen LogP contribution in [0.25, 0.3) is 0 Å². The summed E-state index contributed by atoms with van der Waals surface area (Å²) in [6.45, 7) is 0.670. The predicted molar refractivity (Wildman–Crippen MR) is 68.9 cm³/mol. The number of amides is 1. The van der Waals surface area contributed by atoms with Crippen molar-refractivity contribution in [2.45, 2.75) is 12.5 Å². The number of hydrogen-bond donors (Lipinski definition) is 1. The summed E-state index contributed by atoms with van der Waals surface area (Å²) in [6.07, 6.45) is 0.129. The van der Waals surface area contributed by atoms with Crippen LogP contribution in [0.1, 0.15) is 16.8 Å². The predicted octanol–water partition coefficient (Wildman–Crippen LogP) is 0.665. The summed E-state index contributed by atoms with van der Waals surface area (Å²) in [5.74, 6) is -0.118. The number of hydrogen-bond acceptors (Lipinski definition) is 5. The molecule has 1 aliphatic heterocycles. The molecule has 1 unspecified atom stereocenters. The summed E-state index contributed by atoms with van der Waals surface area (Å²) in [5, 5.41) is 0. The van der Waals surface area contributed by atoms with Crippen LogP contribution >= 0.6 is 0 Å². The highest BCUT2D eigenvalue weighted by Crippen LogP contribution is 2.26. The number of nitrogens with two attached hydrogens (primary N) is 1. The first-order chi connectivity index (χ1) is 9.02. The molecule has 1 aliphatic rings. The number of nitrogens with zero attached hydrogens (tertiary/aromatic N) is 1. The Morgan fingerprint density at radius 3 is 2.74 bits per heavy atom. The van der Waals surface area contributed by atoms with Crippen LogP contribution in [0.3, 0.4) is 0 Å². The summed E-state index contributed by atoms with van der Waals surface area (Å²) < 4.78 is 10.2. The molecule has 1 heterocycles. The average Bonchev–Trinajstić information content (AvgIpc) is 2.72. The molecular weight excluding hydrogens is 248 g/mol. The lowest BCUT2D eigenvalue weighted by atomic mass is 10.2. The van der Waals surface area contributed by atoms with Gasteiger partial charge in [-0.3, -0.25) is 4.79 Å². The minimum Gasteiger partial charge on any atom is -0.478 e. The summed E-state index contributed by atoms with van der Waals surface area (Å²) in [7, 11) is 3.03. The van der Waals surface area contributed by atoms with Gasteiger partial charge < -0.3 is 20.1 Å². The monoisotopic (exact) mass is 264 g/mol. The zero-order valence-corrected chi connectivity index (χ0v) is 10.9. The molecule has 0 aliphatic carbocycles. The number of esters is 1. The summed E-state index contributed by atoms with van der Waals surface area (Å²) in [4.78, 5) is 24.7. The van der Waals surface area contributed by atoms with Gasteiger partial charge in [-0.25, -0.2) is 4.79 Å². The molecule has 0 spiro atoms. The van der Waals surface area contributed by atoms with Gasteiger partial charge in [0, 0.05) is 20.0 Å². The average molecular weight is 264 g/mol. The minimum absolute atomic E-state index is 0.0588. The van der Waals surface area contributed by atoms with E-state index in [2.05, 4.69) is 4.74 Å². The number of methoxy groups -OCH3 is 1. The van der Waals surface area contributed by atoms with Crippen LogP contribution < -0.4 is 10.5 Å². The van der Waals surface area contributed by atoms with Crippen LogP contribution in [0, 0.1) is 0 Å². The van der Waals surface area contributed by atoms with Gasteiger partial charge in [-0.05, 0) is 18.2 Å². The van der Waals surface area contributed by atoms with Crippen molar-refractivity contribution in [2.75, 3.05) is 26.4 Å². The first-order valence-electron chi connectivity index (χ1n) is 5.92. The number of likely N-dealkylation sites (tertiary alicyclic amines) is 1. The van der Waals surface area contributed by atoms with Crippen LogP contribution in [0.4, 0.5) is 5.69 Å². The first kappa shape index (κ1) is 13.2. The van der Waals surface area contributed by atoms with Crippen LogP contribution in [-0.2, 0) is 9.53 Å². The third-order valence-corrected chi connectivity index (χ3v) is 3.08. The molecule has 1 saturated heterocycles. The highest BCUT2D eigenvalue weighted by molar-refractivity contribution is 5.91. The smallest absolute Gasteiger partial charge is 0.337 e. The largest absolute Gasteiger partial charge is 0.478 e. The maximum Gasteiger partial charge on any atom is 0.337 e. The van der Waals surface area contributed by atoms with E-state index >= 15 is 0 Å². The van der Waals surface area contributed by atoms with Gasteiger partial charge in [-0.15, -0.1) is 0 Å². The topological polar surface area (TPSA) is 81.9 Å². The molecule has 1 aromatic carbocycles. The standard InChI is InChI=1S/C13H16N2O4/c1-15-6-5-11(12(15)16)19-10-4-3-8(7-9(10)14)13(17)18-2/h3-4,7,11H,5-6,14H2,1-2H3. The Morgan fingerprint density at radius 1 is 1.47 bits per heavy atom. The van der Waals surface area contributed by atoms with Gasteiger partial charge in [0.15, 0.2) is 6.10 Å². The molecule has 0 radical (unpaired) electrons. The fourth-order valence-corrected chi connectivity index (χ4v) is 1.95. The minimum atomic E-state index is -0.503. The van der Waals surface area contributed by atoms with E-state index in [1.54, 1.807) is 24.1 Å². The number of carbonyl (C=O) groups excluding carboxylic acids is 2. The molecule has 0 saturated carbocycles. The molecule has 6 heteroatoms. The fraction of sp³-hybridized carbons (Fsp3) is 0.385. The lowest BCUT2D eigenvalue weighted by molar-refractivity contribution is -0.132. The van der Waals surface area contributed by atoms with Gasteiger partial charge in [0.05, 0.1) is 18.4 Å². The van der Waals surface area contributed by atoms with Gasteiger partial charge in [0.1, 0.15) is 5.75 Å². The second kappa shape index (κ2) is 5.17. The van der Waals surface area contributed by atoms with Crippen LogP contribution in [0.15, 0.2) is 18.2 Å². The quantitative estimate of drug-likeness (QED) is 0.640. The second-order valence-electron chi connectivity index (χ2n) is 4.40. The molecule has 1 amide bonds.